The average molecular weight is 295 g/mol. The van der Waals surface area contributed by atoms with Gasteiger partial charge in [0.25, 0.3) is 0 Å². The van der Waals surface area contributed by atoms with Crippen LogP contribution < -0.4 is 10.6 Å². The molecule has 1 heterocycles. The summed E-state index contributed by atoms with van der Waals surface area (Å²) in [5.74, 6) is 0. The Labute approximate surface area is 128 Å². The van der Waals surface area contributed by atoms with Crippen molar-refractivity contribution in [3.8, 4) is 0 Å². The molecule has 0 aliphatic carbocycles. The van der Waals surface area contributed by atoms with Crippen molar-refractivity contribution < 1.29 is 0 Å². The van der Waals surface area contributed by atoms with Crippen LogP contribution in [-0.2, 0) is 6.42 Å². The number of benzene rings is 1. The summed E-state index contributed by atoms with van der Waals surface area (Å²) in [5, 5.41) is 0.828. The number of halogens is 1. The molecule has 0 amide bonds. The Morgan fingerprint density at radius 1 is 1.40 bits per heavy atom. The first-order valence-corrected chi connectivity index (χ1v) is 8.30. The average Bonchev–Trinajstić information content (AvgIpc) is 2.41. The summed E-state index contributed by atoms with van der Waals surface area (Å²) in [7, 11) is 0. The third-order valence-corrected chi connectivity index (χ3v) is 4.38. The van der Waals surface area contributed by atoms with Gasteiger partial charge in [-0.15, -0.1) is 0 Å². The van der Waals surface area contributed by atoms with Gasteiger partial charge in [-0.2, -0.15) is 0 Å². The number of piperidine rings is 1. The summed E-state index contributed by atoms with van der Waals surface area (Å²) in [6, 6.07) is 7.12. The topological polar surface area (TPSA) is 29.3 Å². The number of anilines is 1. The fraction of sp³-hybridized carbons (Fsp3) is 0.647. The van der Waals surface area contributed by atoms with E-state index < -0.39 is 0 Å². The van der Waals surface area contributed by atoms with Gasteiger partial charge in [-0.3, -0.25) is 0 Å². The maximum atomic E-state index is 6.24. The van der Waals surface area contributed by atoms with E-state index in [1.165, 1.54) is 43.4 Å². The van der Waals surface area contributed by atoms with Crippen molar-refractivity contribution in [1.82, 2.24) is 0 Å². The van der Waals surface area contributed by atoms with E-state index in [1.54, 1.807) is 0 Å². The molecule has 2 rings (SSSR count). The molecule has 0 bridgehead atoms. The molecule has 1 aromatic carbocycles. The van der Waals surface area contributed by atoms with Gasteiger partial charge in [-0.1, -0.05) is 31.0 Å². The molecule has 1 aliphatic rings. The smallest absolute Gasteiger partial charge is 0.0426 e. The molecule has 1 saturated heterocycles. The molecular weight excluding hydrogens is 268 g/mol. The number of nitrogens with zero attached hydrogens (tertiary/aromatic N) is 1. The van der Waals surface area contributed by atoms with Crippen LogP contribution in [0.1, 0.15) is 51.5 Å². The van der Waals surface area contributed by atoms with Crippen LogP contribution in [0.4, 0.5) is 5.69 Å². The molecule has 0 spiro atoms. The monoisotopic (exact) mass is 294 g/mol. The van der Waals surface area contributed by atoms with E-state index in [1.807, 2.05) is 6.07 Å². The fourth-order valence-corrected chi connectivity index (χ4v) is 3.44. The minimum absolute atomic E-state index is 0.185. The lowest BCUT2D eigenvalue weighted by Gasteiger charge is -2.39. The first-order valence-electron chi connectivity index (χ1n) is 7.92. The molecule has 3 heteroatoms. The maximum absolute atomic E-state index is 6.24. The van der Waals surface area contributed by atoms with E-state index in [2.05, 4.69) is 30.9 Å². The second kappa shape index (κ2) is 7.33. The molecule has 1 aromatic rings. The van der Waals surface area contributed by atoms with Gasteiger partial charge >= 0.3 is 0 Å². The molecule has 2 nitrogen and oxygen atoms in total. The van der Waals surface area contributed by atoms with Crippen LogP contribution in [0.3, 0.4) is 0 Å². The van der Waals surface area contributed by atoms with E-state index in [0.29, 0.717) is 6.04 Å². The Morgan fingerprint density at radius 2 is 2.20 bits per heavy atom. The zero-order chi connectivity index (χ0) is 14.5. The van der Waals surface area contributed by atoms with Crippen molar-refractivity contribution in [2.24, 2.45) is 5.73 Å². The summed E-state index contributed by atoms with van der Waals surface area (Å²) < 4.78 is 0. The Hall–Kier alpha value is -0.730. The van der Waals surface area contributed by atoms with Gasteiger partial charge in [0, 0.05) is 29.3 Å². The molecular formula is C17H27ClN2. The summed E-state index contributed by atoms with van der Waals surface area (Å²) in [4.78, 5) is 2.58. The standard InChI is InChI=1S/C17H27ClN2/c1-3-6-16-7-4-5-10-20(16)17-12-15(18)9-8-14(17)11-13(2)19/h8-9,12-13,16H,3-7,10-11,19H2,1-2H3. The molecule has 112 valence electrons. The minimum Gasteiger partial charge on any atom is -0.368 e. The molecule has 2 atom stereocenters. The van der Waals surface area contributed by atoms with Crippen LogP contribution in [0, 0.1) is 0 Å². The zero-order valence-electron chi connectivity index (χ0n) is 12.7. The van der Waals surface area contributed by atoms with Crippen molar-refractivity contribution >= 4 is 17.3 Å². The summed E-state index contributed by atoms with van der Waals surface area (Å²) in [5.41, 5.74) is 8.66. The third-order valence-electron chi connectivity index (χ3n) is 4.15. The lowest BCUT2D eigenvalue weighted by atomic mass is 9.95. The molecule has 2 unspecified atom stereocenters. The van der Waals surface area contributed by atoms with Crippen LogP contribution >= 0.6 is 11.6 Å². The van der Waals surface area contributed by atoms with E-state index >= 15 is 0 Å². The van der Waals surface area contributed by atoms with Crippen molar-refractivity contribution in [3.63, 3.8) is 0 Å². The van der Waals surface area contributed by atoms with E-state index in [0.717, 1.165) is 18.0 Å². The highest BCUT2D eigenvalue weighted by molar-refractivity contribution is 6.30. The highest BCUT2D eigenvalue weighted by atomic mass is 35.5. The first kappa shape index (κ1) is 15.7. The van der Waals surface area contributed by atoms with Gasteiger partial charge in [0.05, 0.1) is 0 Å². The molecule has 20 heavy (non-hydrogen) atoms. The fourth-order valence-electron chi connectivity index (χ4n) is 3.27. The van der Waals surface area contributed by atoms with E-state index in [-0.39, 0.29) is 6.04 Å². The van der Waals surface area contributed by atoms with Crippen LogP contribution in [0.2, 0.25) is 5.02 Å². The van der Waals surface area contributed by atoms with Crippen molar-refractivity contribution in [2.45, 2.75) is 64.5 Å². The quantitative estimate of drug-likeness (QED) is 0.873. The number of nitrogens with two attached hydrogens (primary N) is 1. The SMILES string of the molecule is CCCC1CCCCN1c1cc(Cl)ccc1CC(C)N. The van der Waals surface area contributed by atoms with Gasteiger partial charge in [0.1, 0.15) is 0 Å². The van der Waals surface area contributed by atoms with Crippen LogP contribution in [0.15, 0.2) is 18.2 Å². The molecule has 0 saturated carbocycles. The lowest BCUT2D eigenvalue weighted by molar-refractivity contribution is 0.433. The Morgan fingerprint density at radius 3 is 2.90 bits per heavy atom. The van der Waals surface area contributed by atoms with Crippen LogP contribution in [-0.4, -0.2) is 18.6 Å². The summed E-state index contributed by atoms with van der Waals surface area (Å²) >= 11 is 6.24. The normalized spacial score (nSPS) is 21.0. The molecule has 1 aliphatic heterocycles. The predicted molar refractivity (Wildman–Crippen MR) is 88.7 cm³/mol. The van der Waals surface area contributed by atoms with Crippen molar-refractivity contribution in [2.75, 3.05) is 11.4 Å². The number of hydrogen-bond donors (Lipinski definition) is 1. The molecule has 1 fully saturated rings. The van der Waals surface area contributed by atoms with Gasteiger partial charge in [0.15, 0.2) is 0 Å². The molecule has 0 radical (unpaired) electrons. The number of hydrogen-bond acceptors (Lipinski definition) is 2. The Bertz CT molecular complexity index is 429. The Balaban J connectivity index is 2.30. The lowest BCUT2D eigenvalue weighted by Crippen LogP contribution is -2.40. The molecule has 0 aromatic heterocycles. The minimum atomic E-state index is 0.185. The second-order valence-corrected chi connectivity index (χ2v) is 6.52. The van der Waals surface area contributed by atoms with Crippen LogP contribution in [0.5, 0.6) is 0 Å². The predicted octanol–water partition coefficient (Wildman–Crippen LogP) is 4.39. The van der Waals surface area contributed by atoms with E-state index in [4.69, 9.17) is 17.3 Å². The van der Waals surface area contributed by atoms with E-state index in [9.17, 15) is 0 Å². The molecule has 2 N–H and O–H groups in total. The van der Waals surface area contributed by atoms with Gasteiger partial charge in [0.2, 0.25) is 0 Å². The van der Waals surface area contributed by atoms with Crippen molar-refractivity contribution in [1.29, 1.82) is 0 Å². The summed E-state index contributed by atoms with van der Waals surface area (Å²) in [6.07, 6.45) is 7.36. The van der Waals surface area contributed by atoms with Crippen molar-refractivity contribution in [3.05, 3.63) is 28.8 Å². The van der Waals surface area contributed by atoms with Gasteiger partial charge in [-0.05, 0) is 56.7 Å². The highest BCUT2D eigenvalue weighted by Crippen LogP contribution is 2.32. The number of rotatable bonds is 5. The van der Waals surface area contributed by atoms with Gasteiger partial charge in [-0.25, -0.2) is 0 Å². The largest absolute Gasteiger partial charge is 0.368 e. The second-order valence-electron chi connectivity index (χ2n) is 6.09. The third kappa shape index (κ3) is 3.89. The maximum Gasteiger partial charge on any atom is 0.0426 e. The first-order chi connectivity index (χ1) is 9.61. The zero-order valence-corrected chi connectivity index (χ0v) is 13.5. The van der Waals surface area contributed by atoms with Gasteiger partial charge < -0.3 is 10.6 Å². The summed E-state index contributed by atoms with van der Waals surface area (Å²) in [6.45, 7) is 5.49. The van der Waals surface area contributed by atoms with Crippen LogP contribution in [0.25, 0.3) is 0 Å². The highest BCUT2D eigenvalue weighted by Gasteiger charge is 2.24. The Kier molecular flexibility index (Phi) is 5.74.